The molecule has 0 bridgehead atoms. The van der Waals surface area contributed by atoms with Crippen LogP contribution in [0.1, 0.15) is 0 Å². The van der Waals surface area contributed by atoms with Gasteiger partial charge in [-0.15, -0.1) is 5.10 Å². The van der Waals surface area contributed by atoms with E-state index in [4.69, 9.17) is 0 Å². The molecule has 2 aromatic heterocycles. The first-order valence-corrected chi connectivity index (χ1v) is 9.17. The number of aromatic nitrogens is 5. The molecule has 0 saturated heterocycles. The summed E-state index contributed by atoms with van der Waals surface area (Å²) < 4.78 is 27.1. The number of hydrogen-bond donors (Lipinski definition) is 1. The molecule has 2 aromatic carbocycles. The van der Waals surface area contributed by atoms with Crippen molar-refractivity contribution in [2.75, 3.05) is 19.4 Å². The van der Waals surface area contributed by atoms with Crippen molar-refractivity contribution < 1.29 is 8.42 Å². The number of fused-ring (bicyclic) bond motifs is 3. The van der Waals surface area contributed by atoms with Crippen LogP contribution in [0.3, 0.4) is 0 Å². The molecule has 4 aromatic rings. The second-order valence-electron chi connectivity index (χ2n) is 5.80. The minimum atomic E-state index is -3.47. The number of nitrogens with one attached hydrogen (secondary N) is 1. The molecule has 1 N–H and O–H groups in total. The van der Waals surface area contributed by atoms with Gasteiger partial charge in [0.15, 0.2) is 5.82 Å². The second kappa shape index (κ2) is 6.00. The van der Waals surface area contributed by atoms with E-state index in [0.29, 0.717) is 17.2 Å². The third-order valence-corrected chi connectivity index (χ3v) is 5.75. The predicted molar refractivity (Wildman–Crippen MR) is 96.7 cm³/mol. The maximum absolute atomic E-state index is 12.2. The fourth-order valence-electron chi connectivity index (χ4n) is 2.55. The number of anilines is 2. The molecule has 0 radical (unpaired) electrons. The average molecular weight is 369 g/mol. The zero-order chi connectivity index (χ0) is 18.3. The number of rotatable bonds is 4. The lowest BCUT2D eigenvalue weighted by molar-refractivity contribution is 0.521. The highest BCUT2D eigenvalue weighted by Gasteiger charge is 2.17. The van der Waals surface area contributed by atoms with Crippen LogP contribution in [-0.2, 0) is 10.0 Å². The number of nitrogens with zero attached hydrogens (tertiary/aromatic N) is 6. The lowest BCUT2D eigenvalue weighted by atomic mass is 10.3. The zero-order valence-corrected chi connectivity index (χ0v) is 14.8. The van der Waals surface area contributed by atoms with Crippen LogP contribution in [0.2, 0.25) is 0 Å². The largest absolute Gasteiger partial charge is 0.337 e. The van der Waals surface area contributed by atoms with E-state index in [2.05, 4.69) is 25.8 Å². The SMILES string of the molecule is CN(C)S(=O)(=O)c1ccc(Nc2nc3ccccc3n3nnnc23)cc1. The Bertz CT molecular complexity index is 1200. The van der Waals surface area contributed by atoms with Crippen LogP contribution in [-0.4, -0.2) is 51.8 Å². The van der Waals surface area contributed by atoms with Crippen molar-refractivity contribution in [2.24, 2.45) is 0 Å². The van der Waals surface area contributed by atoms with Gasteiger partial charge in [-0.1, -0.05) is 12.1 Å². The van der Waals surface area contributed by atoms with Gasteiger partial charge in [0.05, 0.1) is 15.9 Å². The monoisotopic (exact) mass is 369 g/mol. The van der Waals surface area contributed by atoms with E-state index in [1.807, 2.05) is 24.3 Å². The Morgan fingerprint density at radius 1 is 1.04 bits per heavy atom. The fraction of sp³-hybridized carbons (Fsp3) is 0.125. The summed E-state index contributed by atoms with van der Waals surface area (Å²) in [6.45, 7) is 0. The minimum absolute atomic E-state index is 0.216. The molecule has 0 aliphatic carbocycles. The average Bonchev–Trinajstić information content (AvgIpc) is 3.12. The van der Waals surface area contributed by atoms with Gasteiger partial charge in [-0.25, -0.2) is 17.7 Å². The van der Waals surface area contributed by atoms with E-state index >= 15 is 0 Å². The molecule has 0 saturated carbocycles. The highest BCUT2D eigenvalue weighted by Crippen LogP contribution is 2.23. The van der Waals surface area contributed by atoms with Gasteiger partial charge in [0.25, 0.3) is 0 Å². The lowest BCUT2D eigenvalue weighted by Crippen LogP contribution is -2.22. The molecular weight excluding hydrogens is 354 g/mol. The number of hydrogen-bond acceptors (Lipinski definition) is 7. The Morgan fingerprint density at radius 2 is 1.77 bits per heavy atom. The van der Waals surface area contributed by atoms with E-state index in [1.54, 1.807) is 16.6 Å². The molecule has 10 heteroatoms. The van der Waals surface area contributed by atoms with Crippen molar-refractivity contribution in [3.05, 3.63) is 48.5 Å². The van der Waals surface area contributed by atoms with Crippen LogP contribution < -0.4 is 5.32 Å². The first-order chi connectivity index (χ1) is 12.5. The molecule has 26 heavy (non-hydrogen) atoms. The van der Waals surface area contributed by atoms with Crippen LogP contribution in [0.15, 0.2) is 53.4 Å². The van der Waals surface area contributed by atoms with Crippen molar-refractivity contribution in [3.63, 3.8) is 0 Å². The summed E-state index contributed by atoms with van der Waals surface area (Å²) in [7, 11) is -0.476. The summed E-state index contributed by atoms with van der Waals surface area (Å²) >= 11 is 0. The van der Waals surface area contributed by atoms with Crippen LogP contribution in [0.25, 0.3) is 16.7 Å². The second-order valence-corrected chi connectivity index (χ2v) is 7.95. The lowest BCUT2D eigenvalue weighted by Gasteiger charge is -2.12. The van der Waals surface area contributed by atoms with Gasteiger partial charge >= 0.3 is 0 Å². The Labute approximate surface area is 149 Å². The Morgan fingerprint density at radius 3 is 2.50 bits per heavy atom. The van der Waals surface area contributed by atoms with E-state index < -0.39 is 10.0 Å². The molecule has 0 atom stereocenters. The number of para-hydroxylation sites is 2. The number of sulfonamides is 1. The van der Waals surface area contributed by atoms with Crippen molar-refractivity contribution in [2.45, 2.75) is 4.90 Å². The van der Waals surface area contributed by atoms with Gasteiger partial charge in [0.1, 0.15) is 0 Å². The van der Waals surface area contributed by atoms with Crippen molar-refractivity contribution in [1.29, 1.82) is 0 Å². The molecule has 0 aliphatic heterocycles. The molecular formula is C16H15N7O2S. The number of tetrazole rings is 1. The molecule has 0 aliphatic rings. The third-order valence-electron chi connectivity index (χ3n) is 3.92. The summed E-state index contributed by atoms with van der Waals surface area (Å²) in [5, 5.41) is 14.9. The van der Waals surface area contributed by atoms with Crippen LogP contribution >= 0.6 is 0 Å². The zero-order valence-electron chi connectivity index (χ0n) is 14.0. The van der Waals surface area contributed by atoms with E-state index in [1.165, 1.54) is 30.5 Å². The van der Waals surface area contributed by atoms with Crippen LogP contribution in [0.5, 0.6) is 0 Å². The Kier molecular flexibility index (Phi) is 3.78. The Balaban J connectivity index is 1.74. The fourth-order valence-corrected chi connectivity index (χ4v) is 3.45. The van der Waals surface area contributed by atoms with Gasteiger partial charge in [-0.2, -0.15) is 4.52 Å². The van der Waals surface area contributed by atoms with E-state index in [9.17, 15) is 8.42 Å². The number of benzene rings is 2. The van der Waals surface area contributed by atoms with Gasteiger partial charge in [-0.05, 0) is 46.8 Å². The predicted octanol–water partition coefficient (Wildman–Crippen LogP) is 1.67. The summed E-state index contributed by atoms with van der Waals surface area (Å²) in [6, 6.07) is 14.0. The molecule has 0 unspecified atom stereocenters. The summed E-state index contributed by atoms with van der Waals surface area (Å²) in [5.74, 6) is 0.483. The summed E-state index contributed by atoms with van der Waals surface area (Å²) in [5.41, 5.74) is 2.69. The molecule has 0 spiro atoms. The topological polar surface area (TPSA) is 105 Å². The summed E-state index contributed by atoms with van der Waals surface area (Å²) in [6.07, 6.45) is 0. The van der Waals surface area contributed by atoms with E-state index in [0.717, 1.165) is 11.0 Å². The molecule has 9 nitrogen and oxygen atoms in total. The normalized spacial score (nSPS) is 12.1. The quantitative estimate of drug-likeness (QED) is 0.583. The molecule has 2 heterocycles. The first-order valence-electron chi connectivity index (χ1n) is 7.73. The van der Waals surface area contributed by atoms with Crippen LogP contribution in [0.4, 0.5) is 11.5 Å². The molecule has 0 amide bonds. The maximum Gasteiger partial charge on any atom is 0.242 e. The van der Waals surface area contributed by atoms with Gasteiger partial charge in [-0.3, -0.25) is 0 Å². The summed E-state index contributed by atoms with van der Waals surface area (Å²) in [4.78, 5) is 4.79. The molecule has 0 fully saturated rings. The first kappa shape index (κ1) is 16.4. The van der Waals surface area contributed by atoms with Gasteiger partial charge in [0, 0.05) is 19.8 Å². The standard InChI is InChI=1S/C16H15N7O2S/c1-22(2)26(24,25)12-9-7-11(8-10-12)17-15-16-19-20-21-23(16)14-6-4-3-5-13(14)18-15/h3-10H,1-2H3,(H,17,18). The maximum atomic E-state index is 12.2. The highest BCUT2D eigenvalue weighted by molar-refractivity contribution is 7.89. The minimum Gasteiger partial charge on any atom is -0.337 e. The molecule has 4 rings (SSSR count). The molecule has 132 valence electrons. The van der Waals surface area contributed by atoms with Crippen LogP contribution in [0, 0.1) is 0 Å². The van der Waals surface area contributed by atoms with Gasteiger partial charge in [0.2, 0.25) is 15.7 Å². The smallest absolute Gasteiger partial charge is 0.242 e. The highest BCUT2D eigenvalue weighted by atomic mass is 32.2. The Hall–Kier alpha value is -3.11. The third kappa shape index (κ3) is 2.65. The van der Waals surface area contributed by atoms with Crippen molar-refractivity contribution >= 4 is 38.2 Å². The van der Waals surface area contributed by atoms with Crippen molar-refractivity contribution in [1.82, 2.24) is 29.3 Å². The van der Waals surface area contributed by atoms with E-state index in [-0.39, 0.29) is 4.90 Å². The van der Waals surface area contributed by atoms with Gasteiger partial charge < -0.3 is 5.32 Å². The van der Waals surface area contributed by atoms with Crippen molar-refractivity contribution in [3.8, 4) is 0 Å².